The second kappa shape index (κ2) is 13.0. The van der Waals surface area contributed by atoms with Crippen LogP contribution < -0.4 is 10.6 Å². The zero-order chi connectivity index (χ0) is 22.6. The van der Waals surface area contributed by atoms with Crippen molar-refractivity contribution in [1.82, 2.24) is 10.6 Å². The standard InChI is InChI=1S/C24H31ClN2O4/c1-3-31-24(30)21(14-17-10-6-4-7-11-17)27-23(29)19-16-20(25)18(15-22(19)28)12-8-5-9-13-26-2/h4,6-7,10-11,15-16,21,26,28H,3,5,8-9,12-14H2,1-2H3,(H,27,29)/t21-/m1/s1. The number of phenolic OH excluding ortho intramolecular Hbond substituents is 1. The minimum absolute atomic E-state index is 0.0336. The van der Waals surface area contributed by atoms with Crippen LogP contribution in [0.15, 0.2) is 42.5 Å². The summed E-state index contributed by atoms with van der Waals surface area (Å²) in [6.45, 7) is 2.88. The molecule has 7 heteroatoms. The molecular weight excluding hydrogens is 416 g/mol. The molecule has 3 N–H and O–H groups in total. The Kier molecular flexibility index (Phi) is 10.3. The van der Waals surface area contributed by atoms with Gasteiger partial charge in [0.15, 0.2) is 0 Å². The molecule has 0 aliphatic heterocycles. The van der Waals surface area contributed by atoms with Crippen molar-refractivity contribution in [3.63, 3.8) is 0 Å². The number of amides is 1. The highest BCUT2D eigenvalue weighted by Gasteiger charge is 2.25. The van der Waals surface area contributed by atoms with Gasteiger partial charge in [0.2, 0.25) is 0 Å². The van der Waals surface area contributed by atoms with E-state index >= 15 is 0 Å². The average molecular weight is 447 g/mol. The Morgan fingerprint density at radius 1 is 1.13 bits per heavy atom. The van der Waals surface area contributed by atoms with E-state index in [2.05, 4.69) is 10.6 Å². The number of nitrogens with one attached hydrogen (secondary N) is 2. The lowest BCUT2D eigenvalue weighted by Crippen LogP contribution is -2.43. The zero-order valence-corrected chi connectivity index (χ0v) is 18.9. The van der Waals surface area contributed by atoms with E-state index in [9.17, 15) is 14.7 Å². The van der Waals surface area contributed by atoms with E-state index in [1.807, 2.05) is 37.4 Å². The lowest BCUT2D eigenvalue weighted by molar-refractivity contribution is -0.145. The van der Waals surface area contributed by atoms with Gasteiger partial charge in [0.05, 0.1) is 12.2 Å². The third-order valence-corrected chi connectivity index (χ3v) is 5.29. The van der Waals surface area contributed by atoms with E-state index in [1.54, 1.807) is 6.92 Å². The van der Waals surface area contributed by atoms with E-state index < -0.39 is 17.9 Å². The van der Waals surface area contributed by atoms with Crippen LogP contribution in [0.25, 0.3) is 0 Å². The van der Waals surface area contributed by atoms with Gasteiger partial charge in [-0.2, -0.15) is 0 Å². The summed E-state index contributed by atoms with van der Waals surface area (Å²) in [6, 6.07) is 11.5. The van der Waals surface area contributed by atoms with Crippen molar-refractivity contribution in [2.75, 3.05) is 20.2 Å². The van der Waals surface area contributed by atoms with E-state index in [0.717, 1.165) is 43.4 Å². The molecule has 31 heavy (non-hydrogen) atoms. The number of phenols is 1. The number of hydrogen-bond acceptors (Lipinski definition) is 5. The summed E-state index contributed by atoms with van der Waals surface area (Å²) >= 11 is 6.37. The molecule has 0 aliphatic rings. The monoisotopic (exact) mass is 446 g/mol. The van der Waals surface area contributed by atoms with E-state index in [0.29, 0.717) is 5.02 Å². The molecule has 0 aromatic heterocycles. The SMILES string of the molecule is CCOC(=O)[C@@H](Cc1ccccc1)NC(=O)c1cc(Cl)c(CCCCCNC)cc1O. The number of carbonyl (C=O) groups is 2. The number of benzene rings is 2. The van der Waals surface area contributed by atoms with Crippen molar-refractivity contribution in [1.29, 1.82) is 0 Å². The third kappa shape index (κ3) is 7.89. The second-order valence-corrected chi connectivity index (χ2v) is 7.75. The highest BCUT2D eigenvalue weighted by atomic mass is 35.5. The predicted octanol–water partition coefficient (Wildman–Crippen LogP) is 3.88. The van der Waals surface area contributed by atoms with Crippen LogP contribution in [0.5, 0.6) is 5.75 Å². The van der Waals surface area contributed by atoms with Crippen molar-refractivity contribution >= 4 is 23.5 Å². The second-order valence-electron chi connectivity index (χ2n) is 7.34. The first-order chi connectivity index (χ1) is 15.0. The molecule has 0 spiro atoms. The van der Waals surface area contributed by atoms with Crippen LogP contribution in [0.2, 0.25) is 5.02 Å². The third-order valence-electron chi connectivity index (χ3n) is 4.94. The van der Waals surface area contributed by atoms with Gasteiger partial charge >= 0.3 is 5.97 Å². The first-order valence-electron chi connectivity index (χ1n) is 10.6. The lowest BCUT2D eigenvalue weighted by atomic mass is 10.0. The lowest BCUT2D eigenvalue weighted by Gasteiger charge is -2.18. The molecule has 2 rings (SSSR count). The maximum Gasteiger partial charge on any atom is 0.328 e. The van der Waals surface area contributed by atoms with E-state index in [-0.39, 0.29) is 24.3 Å². The fraction of sp³-hybridized carbons (Fsp3) is 0.417. The number of ether oxygens (including phenoxy) is 1. The van der Waals surface area contributed by atoms with Gasteiger partial charge in [0, 0.05) is 11.4 Å². The average Bonchev–Trinajstić information content (AvgIpc) is 2.76. The molecule has 0 fully saturated rings. The molecule has 6 nitrogen and oxygen atoms in total. The Morgan fingerprint density at radius 2 is 1.87 bits per heavy atom. The van der Waals surface area contributed by atoms with Crippen LogP contribution in [-0.2, 0) is 22.4 Å². The Balaban J connectivity index is 2.10. The molecule has 1 amide bonds. The van der Waals surface area contributed by atoms with E-state index in [1.165, 1.54) is 12.1 Å². The molecule has 2 aromatic carbocycles. The summed E-state index contributed by atoms with van der Waals surface area (Å²) in [7, 11) is 1.92. The van der Waals surface area contributed by atoms with Crippen molar-refractivity contribution in [3.05, 3.63) is 64.2 Å². The van der Waals surface area contributed by atoms with E-state index in [4.69, 9.17) is 16.3 Å². The number of hydrogen-bond donors (Lipinski definition) is 3. The number of halogens is 1. The van der Waals surface area contributed by atoms with Crippen LogP contribution in [0.4, 0.5) is 0 Å². The van der Waals surface area contributed by atoms with Crippen LogP contribution in [0.3, 0.4) is 0 Å². The summed E-state index contributed by atoms with van der Waals surface area (Å²) in [5.74, 6) is -1.26. The highest BCUT2D eigenvalue weighted by Crippen LogP contribution is 2.28. The summed E-state index contributed by atoms with van der Waals surface area (Å²) in [6.07, 6.45) is 4.05. The quantitative estimate of drug-likeness (QED) is 0.340. The molecule has 1 atom stereocenters. The van der Waals surface area contributed by atoms with Gasteiger partial charge in [0.25, 0.3) is 5.91 Å². The van der Waals surface area contributed by atoms with Gasteiger partial charge in [-0.05, 0) is 63.0 Å². The van der Waals surface area contributed by atoms with Gasteiger partial charge in [-0.25, -0.2) is 4.79 Å². The first kappa shape index (κ1) is 24.7. The summed E-state index contributed by atoms with van der Waals surface area (Å²) in [5.41, 5.74) is 1.72. The van der Waals surface area contributed by atoms with Crippen molar-refractivity contribution < 1.29 is 19.4 Å². The minimum Gasteiger partial charge on any atom is -0.507 e. The highest BCUT2D eigenvalue weighted by molar-refractivity contribution is 6.31. The fourth-order valence-corrected chi connectivity index (χ4v) is 3.55. The Labute approximate surface area is 189 Å². The van der Waals surface area contributed by atoms with Gasteiger partial charge in [-0.15, -0.1) is 0 Å². The topological polar surface area (TPSA) is 87.7 Å². The first-order valence-corrected chi connectivity index (χ1v) is 11.0. The molecule has 168 valence electrons. The number of rotatable bonds is 12. The largest absolute Gasteiger partial charge is 0.507 e. The summed E-state index contributed by atoms with van der Waals surface area (Å²) in [5, 5.41) is 16.6. The maximum absolute atomic E-state index is 12.8. The summed E-state index contributed by atoms with van der Waals surface area (Å²) < 4.78 is 5.11. The number of unbranched alkanes of at least 4 members (excludes halogenated alkanes) is 2. The normalized spacial score (nSPS) is 11.7. The Bertz CT molecular complexity index is 858. The van der Waals surface area contributed by atoms with Crippen LogP contribution in [-0.4, -0.2) is 43.2 Å². The molecule has 0 unspecified atom stereocenters. The molecule has 0 saturated carbocycles. The predicted molar refractivity (Wildman–Crippen MR) is 123 cm³/mol. The number of carbonyl (C=O) groups excluding carboxylic acids is 2. The van der Waals surface area contributed by atoms with Gasteiger partial charge < -0.3 is 20.5 Å². The van der Waals surface area contributed by atoms with Crippen LogP contribution >= 0.6 is 11.6 Å². The molecule has 0 aliphatic carbocycles. The molecule has 0 bridgehead atoms. The van der Waals surface area contributed by atoms with Gasteiger partial charge in [-0.1, -0.05) is 48.4 Å². The molecule has 0 heterocycles. The molecule has 0 radical (unpaired) electrons. The maximum atomic E-state index is 12.8. The van der Waals surface area contributed by atoms with Crippen LogP contribution in [0.1, 0.15) is 47.7 Å². The van der Waals surface area contributed by atoms with Crippen molar-refractivity contribution in [3.8, 4) is 5.75 Å². The number of aromatic hydroxyl groups is 1. The molecule has 0 saturated heterocycles. The van der Waals surface area contributed by atoms with Crippen molar-refractivity contribution in [2.45, 2.75) is 45.1 Å². The molecule has 2 aromatic rings. The van der Waals surface area contributed by atoms with Gasteiger partial charge in [-0.3, -0.25) is 4.79 Å². The number of aryl methyl sites for hydroxylation is 1. The van der Waals surface area contributed by atoms with Crippen molar-refractivity contribution in [2.24, 2.45) is 0 Å². The molecular formula is C24H31ClN2O4. The Morgan fingerprint density at radius 3 is 2.55 bits per heavy atom. The fourth-order valence-electron chi connectivity index (χ4n) is 3.29. The minimum atomic E-state index is -0.875. The summed E-state index contributed by atoms with van der Waals surface area (Å²) in [4.78, 5) is 25.2. The zero-order valence-electron chi connectivity index (χ0n) is 18.1. The Hall–Kier alpha value is -2.57. The van der Waals surface area contributed by atoms with Gasteiger partial charge in [0.1, 0.15) is 11.8 Å². The smallest absolute Gasteiger partial charge is 0.328 e. The number of esters is 1. The van der Waals surface area contributed by atoms with Crippen LogP contribution in [0, 0.1) is 0 Å².